The quantitative estimate of drug-likeness (QED) is 0.779. The Bertz CT molecular complexity index is 688. The highest BCUT2D eigenvalue weighted by Crippen LogP contribution is 2.21. The molecule has 17 heavy (non-hydrogen) atoms. The van der Waals surface area contributed by atoms with Crippen molar-refractivity contribution in [2.24, 2.45) is 5.73 Å². The molecule has 0 unspecified atom stereocenters. The summed E-state index contributed by atoms with van der Waals surface area (Å²) in [7, 11) is 0. The van der Waals surface area contributed by atoms with Crippen molar-refractivity contribution in [3.05, 3.63) is 45.7 Å². The molecule has 1 aliphatic heterocycles. The number of primary amides is 1. The topological polar surface area (TPSA) is 74.3 Å². The van der Waals surface area contributed by atoms with Gasteiger partial charge in [0.1, 0.15) is 12.3 Å². The molecule has 2 heterocycles. The van der Waals surface area contributed by atoms with Crippen LogP contribution in [0.4, 0.5) is 0 Å². The lowest BCUT2D eigenvalue weighted by atomic mass is 10.1. The van der Waals surface area contributed by atoms with Crippen molar-refractivity contribution in [1.29, 1.82) is 0 Å². The largest absolute Gasteiger partial charge is 0.365 e. The molecule has 5 nitrogen and oxygen atoms in total. The van der Waals surface area contributed by atoms with Crippen LogP contribution in [0.25, 0.3) is 10.9 Å². The van der Waals surface area contributed by atoms with Gasteiger partial charge in [-0.25, -0.2) is 0 Å². The van der Waals surface area contributed by atoms with Crippen LogP contribution >= 0.6 is 0 Å². The normalized spacial score (nSPS) is 13.9. The summed E-state index contributed by atoms with van der Waals surface area (Å²) in [6.45, 7) is 0.806. The number of benzene rings is 1. The zero-order chi connectivity index (χ0) is 12.0. The Morgan fingerprint density at radius 3 is 3.00 bits per heavy atom. The summed E-state index contributed by atoms with van der Waals surface area (Å²) in [4.78, 5) is 23.3. The van der Waals surface area contributed by atoms with Gasteiger partial charge in [0.2, 0.25) is 5.43 Å². The first kappa shape index (κ1) is 10.0. The molecule has 0 atom stereocenters. The van der Waals surface area contributed by atoms with E-state index in [0.717, 1.165) is 11.1 Å². The Morgan fingerprint density at radius 1 is 1.41 bits per heavy atom. The molecule has 1 amide bonds. The number of para-hydroxylation sites is 1. The highest BCUT2D eigenvalue weighted by Gasteiger charge is 2.17. The molecule has 0 aliphatic carbocycles. The summed E-state index contributed by atoms with van der Waals surface area (Å²) in [5.41, 5.74) is 6.65. The summed E-state index contributed by atoms with van der Waals surface area (Å²) < 4.78 is 7.12. The van der Waals surface area contributed by atoms with Gasteiger partial charge in [-0.1, -0.05) is 12.1 Å². The van der Waals surface area contributed by atoms with Crippen LogP contribution < -0.4 is 11.2 Å². The predicted molar refractivity (Wildman–Crippen MR) is 61.5 cm³/mol. The van der Waals surface area contributed by atoms with Crippen LogP contribution in [0.3, 0.4) is 0 Å². The van der Waals surface area contributed by atoms with E-state index in [1.807, 2.05) is 6.07 Å². The van der Waals surface area contributed by atoms with Crippen LogP contribution in [-0.4, -0.2) is 10.5 Å². The maximum atomic E-state index is 12.1. The maximum Gasteiger partial charge on any atom is 0.254 e. The van der Waals surface area contributed by atoms with Gasteiger partial charge in [-0.2, -0.15) is 0 Å². The van der Waals surface area contributed by atoms with Gasteiger partial charge in [0.15, 0.2) is 0 Å². The molecule has 3 rings (SSSR count). The van der Waals surface area contributed by atoms with Crippen molar-refractivity contribution < 1.29 is 9.53 Å². The maximum absolute atomic E-state index is 12.1. The van der Waals surface area contributed by atoms with Crippen LogP contribution in [0.5, 0.6) is 0 Å². The third-order valence-corrected chi connectivity index (χ3v) is 2.93. The monoisotopic (exact) mass is 230 g/mol. The molecule has 0 spiro atoms. The fraction of sp³-hybridized carbons (Fsp3) is 0.167. The SMILES string of the molecule is NC(=O)c1cn2c3c(cccc3c1=O)COC2. The number of carbonyl (C=O) groups excluding carboxylic acids is 1. The standard InChI is InChI=1S/C12H10N2O3/c13-12(16)9-4-14-6-17-5-7-2-1-3-8(10(7)14)11(9)15/h1-4H,5-6H2,(H2,13,16). The highest BCUT2D eigenvalue weighted by atomic mass is 16.5. The number of pyridine rings is 1. The lowest BCUT2D eigenvalue weighted by Crippen LogP contribution is -2.26. The molecule has 1 aliphatic rings. The number of amides is 1. The average molecular weight is 230 g/mol. The van der Waals surface area contributed by atoms with Gasteiger partial charge in [-0.15, -0.1) is 0 Å². The Balaban J connectivity index is 2.51. The average Bonchev–Trinajstić information content (AvgIpc) is 2.33. The number of hydrogen-bond donors (Lipinski definition) is 1. The smallest absolute Gasteiger partial charge is 0.254 e. The minimum Gasteiger partial charge on any atom is -0.365 e. The second kappa shape index (κ2) is 3.43. The van der Waals surface area contributed by atoms with Crippen molar-refractivity contribution in [3.8, 4) is 0 Å². The summed E-state index contributed by atoms with van der Waals surface area (Å²) in [5, 5.41) is 0.516. The van der Waals surface area contributed by atoms with Crippen molar-refractivity contribution in [2.75, 3.05) is 0 Å². The molecular weight excluding hydrogens is 220 g/mol. The van der Waals surface area contributed by atoms with Crippen LogP contribution in [-0.2, 0) is 18.1 Å². The molecule has 0 bridgehead atoms. The second-order valence-electron chi connectivity index (χ2n) is 4.00. The van der Waals surface area contributed by atoms with E-state index < -0.39 is 5.91 Å². The number of rotatable bonds is 1. The molecule has 0 saturated carbocycles. The van der Waals surface area contributed by atoms with Crippen LogP contribution in [0.2, 0.25) is 0 Å². The van der Waals surface area contributed by atoms with Gasteiger partial charge in [-0.05, 0) is 6.07 Å². The predicted octanol–water partition coefficient (Wildman–Crippen LogP) is 0.588. The van der Waals surface area contributed by atoms with E-state index in [0.29, 0.717) is 18.7 Å². The van der Waals surface area contributed by atoms with E-state index in [2.05, 4.69) is 0 Å². The molecule has 1 aromatic carbocycles. The van der Waals surface area contributed by atoms with Crippen molar-refractivity contribution in [1.82, 2.24) is 4.57 Å². The Kier molecular flexibility index (Phi) is 2.02. The van der Waals surface area contributed by atoms with Gasteiger partial charge >= 0.3 is 0 Å². The van der Waals surface area contributed by atoms with E-state index in [4.69, 9.17) is 10.5 Å². The van der Waals surface area contributed by atoms with E-state index in [1.165, 1.54) is 6.20 Å². The third-order valence-electron chi connectivity index (χ3n) is 2.93. The van der Waals surface area contributed by atoms with Gasteiger partial charge in [0, 0.05) is 17.1 Å². The van der Waals surface area contributed by atoms with Crippen molar-refractivity contribution in [3.63, 3.8) is 0 Å². The molecule has 2 N–H and O–H groups in total. The molecule has 0 radical (unpaired) electrons. The summed E-state index contributed by atoms with van der Waals surface area (Å²) in [6.07, 6.45) is 1.47. The minimum atomic E-state index is -0.711. The lowest BCUT2D eigenvalue weighted by molar-refractivity contribution is 0.0574. The van der Waals surface area contributed by atoms with E-state index in [1.54, 1.807) is 16.7 Å². The number of hydrogen-bond acceptors (Lipinski definition) is 3. The third kappa shape index (κ3) is 1.36. The summed E-state index contributed by atoms with van der Waals surface area (Å²) in [5.74, 6) is -0.711. The molecular formula is C12H10N2O3. The number of ether oxygens (including phenoxy) is 1. The molecule has 2 aromatic rings. The highest BCUT2D eigenvalue weighted by molar-refractivity contribution is 5.96. The Morgan fingerprint density at radius 2 is 2.24 bits per heavy atom. The second-order valence-corrected chi connectivity index (χ2v) is 4.00. The van der Waals surface area contributed by atoms with E-state index in [9.17, 15) is 9.59 Å². The fourth-order valence-corrected chi connectivity index (χ4v) is 2.19. The van der Waals surface area contributed by atoms with Crippen LogP contribution in [0.15, 0.2) is 29.2 Å². The van der Waals surface area contributed by atoms with E-state index in [-0.39, 0.29) is 11.0 Å². The molecule has 0 fully saturated rings. The lowest BCUT2D eigenvalue weighted by Gasteiger charge is -2.20. The fourth-order valence-electron chi connectivity index (χ4n) is 2.19. The molecule has 1 aromatic heterocycles. The van der Waals surface area contributed by atoms with Crippen LogP contribution in [0, 0.1) is 0 Å². The summed E-state index contributed by atoms with van der Waals surface area (Å²) in [6, 6.07) is 5.39. The number of carbonyl (C=O) groups is 1. The first-order valence-corrected chi connectivity index (χ1v) is 5.21. The molecule has 0 saturated heterocycles. The number of nitrogens with zero attached hydrogens (tertiary/aromatic N) is 1. The zero-order valence-corrected chi connectivity index (χ0v) is 8.97. The zero-order valence-electron chi connectivity index (χ0n) is 8.97. The van der Waals surface area contributed by atoms with Crippen molar-refractivity contribution >= 4 is 16.8 Å². The summed E-state index contributed by atoms with van der Waals surface area (Å²) >= 11 is 0. The molecule has 86 valence electrons. The number of aromatic nitrogens is 1. The van der Waals surface area contributed by atoms with Crippen LogP contribution in [0.1, 0.15) is 15.9 Å². The van der Waals surface area contributed by atoms with Gasteiger partial charge in [-0.3, -0.25) is 9.59 Å². The van der Waals surface area contributed by atoms with Gasteiger partial charge in [0.05, 0.1) is 12.1 Å². The Labute approximate surface area is 96.4 Å². The van der Waals surface area contributed by atoms with Gasteiger partial charge < -0.3 is 15.0 Å². The Hall–Kier alpha value is -2.14. The van der Waals surface area contributed by atoms with Crippen molar-refractivity contribution in [2.45, 2.75) is 13.3 Å². The van der Waals surface area contributed by atoms with E-state index >= 15 is 0 Å². The minimum absolute atomic E-state index is 0.000139. The molecule has 5 heteroatoms. The van der Waals surface area contributed by atoms with Gasteiger partial charge in [0.25, 0.3) is 5.91 Å². The first-order chi connectivity index (χ1) is 8.18. The first-order valence-electron chi connectivity index (χ1n) is 5.21. The number of nitrogens with two attached hydrogens (primary N) is 1.